The van der Waals surface area contributed by atoms with Gasteiger partial charge in [0.1, 0.15) is 0 Å². The zero-order chi connectivity index (χ0) is 11.8. The summed E-state index contributed by atoms with van der Waals surface area (Å²) in [5, 5.41) is 4.43. The topological polar surface area (TPSA) is 56.2 Å². The summed E-state index contributed by atoms with van der Waals surface area (Å²) in [6, 6.07) is 11.6. The molecule has 0 aliphatic heterocycles. The van der Waals surface area contributed by atoms with E-state index in [0.717, 1.165) is 22.5 Å². The molecule has 0 aliphatic rings. The maximum atomic E-state index is 5.89. The van der Waals surface area contributed by atoms with E-state index in [4.69, 9.17) is 5.73 Å². The number of pyridine rings is 1. The van der Waals surface area contributed by atoms with Crippen LogP contribution >= 0.6 is 0 Å². The van der Waals surface area contributed by atoms with Gasteiger partial charge in [0.25, 0.3) is 0 Å². The minimum absolute atomic E-state index is 0.709. The van der Waals surface area contributed by atoms with Crippen molar-refractivity contribution < 1.29 is 0 Å². The highest BCUT2D eigenvalue weighted by Crippen LogP contribution is 2.24. The largest absolute Gasteiger partial charge is 0.398 e. The number of benzene rings is 1. The SMILES string of the molecule is Cc1c(N)cccc1-c1nc2ccccn2n1. The molecule has 1 aromatic carbocycles. The van der Waals surface area contributed by atoms with Crippen molar-refractivity contribution in [1.82, 2.24) is 14.6 Å². The maximum Gasteiger partial charge on any atom is 0.182 e. The van der Waals surface area contributed by atoms with Crippen LogP contribution in [0.5, 0.6) is 0 Å². The maximum absolute atomic E-state index is 5.89. The molecule has 0 saturated heterocycles. The Morgan fingerprint density at radius 1 is 1.12 bits per heavy atom. The van der Waals surface area contributed by atoms with Crippen molar-refractivity contribution in [3.63, 3.8) is 0 Å². The summed E-state index contributed by atoms with van der Waals surface area (Å²) in [4.78, 5) is 4.48. The zero-order valence-corrected chi connectivity index (χ0v) is 9.46. The van der Waals surface area contributed by atoms with Crippen molar-refractivity contribution in [2.75, 3.05) is 5.73 Å². The number of hydrogen-bond donors (Lipinski definition) is 1. The molecule has 0 fully saturated rings. The van der Waals surface area contributed by atoms with Crippen molar-refractivity contribution in [2.45, 2.75) is 6.92 Å². The van der Waals surface area contributed by atoms with Gasteiger partial charge < -0.3 is 5.73 Å². The lowest BCUT2D eigenvalue weighted by molar-refractivity contribution is 0.965. The summed E-state index contributed by atoms with van der Waals surface area (Å²) in [5.74, 6) is 0.709. The number of nitrogens with two attached hydrogens (primary N) is 1. The van der Waals surface area contributed by atoms with Gasteiger partial charge in [0, 0.05) is 17.4 Å². The molecule has 0 bridgehead atoms. The van der Waals surface area contributed by atoms with Crippen LogP contribution in [-0.2, 0) is 0 Å². The van der Waals surface area contributed by atoms with Gasteiger partial charge in [-0.3, -0.25) is 0 Å². The van der Waals surface area contributed by atoms with Crippen molar-refractivity contribution in [2.24, 2.45) is 0 Å². The molecule has 0 unspecified atom stereocenters. The van der Waals surface area contributed by atoms with Crippen LogP contribution in [-0.4, -0.2) is 14.6 Å². The van der Waals surface area contributed by atoms with Gasteiger partial charge in [0.2, 0.25) is 0 Å². The lowest BCUT2D eigenvalue weighted by atomic mass is 10.1. The smallest absolute Gasteiger partial charge is 0.182 e. The Kier molecular flexibility index (Phi) is 2.08. The molecule has 17 heavy (non-hydrogen) atoms. The van der Waals surface area contributed by atoms with Gasteiger partial charge in [-0.25, -0.2) is 9.50 Å². The highest BCUT2D eigenvalue weighted by atomic mass is 15.3. The van der Waals surface area contributed by atoms with Crippen molar-refractivity contribution in [3.8, 4) is 11.4 Å². The second-order valence-electron chi connectivity index (χ2n) is 3.96. The second-order valence-corrected chi connectivity index (χ2v) is 3.96. The number of hydrogen-bond acceptors (Lipinski definition) is 3. The van der Waals surface area contributed by atoms with Gasteiger partial charge in [-0.2, -0.15) is 0 Å². The first-order valence-electron chi connectivity index (χ1n) is 5.42. The van der Waals surface area contributed by atoms with Gasteiger partial charge >= 0.3 is 0 Å². The molecule has 3 aromatic rings. The van der Waals surface area contributed by atoms with Gasteiger partial charge in [-0.1, -0.05) is 18.2 Å². The molecular weight excluding hydrogens is 212 g/mol. The molecule has 0 spiro atoms. The average Bonchev–Trinajstić information content (AvgIpc) is 2.76. The van der Waals surface area contributed by atoms with Crippen molar-refractivity contribution in [3.05, 3.63) is 48.2 Å². The zero-order valence-electron chi connectivity index (χ0n) is 9.46. The third kappa shape index (κ3) is 1.54. The lowest BCUT2D eigenvalue weighted by Crippen LogP contribution is -1.93. The molecule has 0 radical (unpaired) electrons. The summed E-state index contributed by atoms with van der Waals surface area (Å²) in [6.07, 6.45) is 1.88. The third-order valence-electron chi connectivity index (χ3n) is 2.86. The standard InChI is InChI=1S/C13H12N4/c1-9-10(5-4-6-11(9)14)13-15-12-7-2-3-8-17(12)16-13/h2-8H,14H2,1H3. The van der Waals surface area contributed by atoms with Crippen LogP contribution in [0, 0.1) is 6.92 Å². The Morgan fingerprint density at radius 2 is 2.00 bits per heavy atom. The van der Waals surface area contributed by atoms with Crippen LogP contribution < -0.4 is 5.73 Å². The Balaban J connectivity index is 2.24. The highest BCUT2D eigenvalue weighted by molar-refractivity contribution is 5.68. The van der Waals surface area contributed by atoms with Crippen LogP contribution in [0.15, 0.2) is 42.6 Å². The van der Waals surface area contributed by atoms with Crippen molar-refractivity contribution >= 4 is 11.3 Å². The number of anilines is 1. The molecule has 0 aliphatic carbocycles. The Labute approximate surface area is 98.7 Å². The fourth-order valence-corrected chi connectivity index (χ4v) is 1.84. The Morgan fingerprint density at radius 3 is 2.82 bits per heavy atom. The molecule has 3 rings (SSSR count). The first-order chi connectivity index (χ1) is 8.25. The predicted molar refractivity (Wildman–Crippen MR) is 67.6 cm³/mol. The third-order valence-corrected chi connectivity index (χ3v) is 2.86. The molecule has 4 heteroatoms. The number of rotatable bonds is 1. The van der Waals surface area contributed by atoms with E-state index in [2.05, 4.69) is 10.1 Å². The second kappa shape index (κ2) is 3.59. The van der Waals surface area contributed by atoms with Crippen LogP contribution in [0.25, 0.3) is 17.0 Å². The van der Waals surface area contributed by atoms with Crippen LogP contribution in [0.2, 0.25) is 0 Å². The summed E-state index contributed by atoms with van der Waals surface area (Å²) in [7, 11) is 0. The highest BCUT2D eigenvalue weighted by Gasteiger charge is 2.09. The van der Waals surface area contributed by atoms with Crippen LogP contribution in [0.1, 0.15) is 5.56 Å². The average molecular weight is 224 g/mol. The Hall–Kier alpha value is -2.36. The molecule has 0 saturated carbocycles. The normalized spacial score (nSPS) is 10.9. The summed E-state index contributed by atoms with van der Waals surface area (Å²) in [5.41, 5.74) is 9.49. The molecule has 2 N–H and O–H groups in total. The van der Waals surface area contributed by atoms with E-state index in [1.807, 2.05) is 49.5 Å². The summed E-state index contributed by atoms with van der Waals surface area (Å²) >= 11 is 0. The minimum Gasteiger partial charge on any atom is -0.398 e. The molecule has 4 nitrogen and oxygen atoms in total. The number of aromatic nitrogens is 3. The van der Waals surface area contributed by atoms with E-state index in [-0.39, 0.29) is 0 Å². The fraction of sp³-hybridized carbons (Fsp3) is 0.0769. The van der Waals surface area contributed by atoms with E-state index >= 15 is 0 Å². The first kappa shape index (κ1) is 9.84. The van der Waals surface area contributed by atoms with E-state index in [1.54, 1.807) is 4.52 Å². The van der Waals surface area contributed by atoms with E-state index in [0.29, 0.717) is 5.82 Å². The number of fused-ring (bicyclic) bond motifs is 1. The van der Waals surface area contributed by atoms with Gasteiger partial charge in [0.05, 0.1) is 0 Å². The van der Waals surface area contributed by atoms with Crippen LogP contribution in [0.3, 0.4) is 0 Å². The molecule has 2 aromatic heterocycles. The molecule has 0 atom stereocenters. The quantitative estimate of drug-likeness (QED) is 0.645. The molecule has 0 amide bonds. The lowest BCUT2D eigenvalue weighted by Gasteiger charge is -2.03. The molecule has 2 heterocycles. The fourth-order valence-electron chi connectivity index (χ4n) is 1.84. The predicted octanol–water partition coefficient (Wildman–Crippen LogP) is 2.29. The van der Waals surface area contributed by atoms with E-state index in [1.165, 1.54) is 0 Å². The number of nitrogens with zero attached hydrogens (tertiary/aromatic N) is 3. The van der Waals surface area contributed by atoms with Crippen LogP contribution in [0.4, 0.5) is 5.69 Å². The minimum atomic E-state index is 0.709. The van der Waals surface area contributed by atoms with E-state index in [9.17, 15) is 0 Å². The van der Waals surface area contributed by atoms with Gasteiger partial charge in [0.15, 0.2) is 11.5 Å². The van der Waals surface area contributed by atoms with E-state index < -0.39 is 0 Å². The first-order valence-corrected chi connectivity index (χ1v) is 5.42. The molecular formula is C13H12N4. The number of nitrogen functional groups attached to an aromatic ring is 1. The summed E-state index contributed by atoms with van der Waals surface area (Å²) < 4.78 is 1.76. The van der Waals surface area contributed by atoms with Gasteiger partial charge in [-0.05, 0) is 30.7 Å². The molecule has 84 valence electrons. The monoisotopic (exact) mass is 224 g/mol. The summed E-state index contributed by atoms with van der Waals surface area (Å²) in [6.45, 7) is 1.98. The van der Waals surface area contributed by atoms with Gasteiger partial charge in [-0.15, -0.1) is 5.10 Å². The Bertz CT molecular complexity index is 652. The van der Waals surface area contributed by atoms with Crippen molar-refractivity contribution in [1.29, 1.82) is 0 Å².